The van der Waals surface area contributed by atoms with Gasteiger partial charge in [-0.2, -0.15) is 0 Å². The molecule has 1 atom stereocenters. The molecular formula is C33H30FN3O5S. The third kappa shape index (κ3) is 8.70. The van der Waals surface area contributed by atoms with Gasteiger partial charge in [-0.05, 0) is 85.3 Å². The predicted octanol–water partition coefficient (Wildman–Crippen LogP) is 6.37. The van der Waals surface area contributed by atoms with E-state index in [1.807, 2.05) is 6.07 Å². The van der Waals surface area contributed by atoms with Crippen molar-refractivity contribution in [2.45, 2.75) is 17.1 Å². The zero-order valence-corrected chi connectivity index (χ0v) is 24.5. The molecule has 4 rings (SSSR count). The minimum atomic E-state index is -0.552. The fraction of sp³-hybridized carbons (Fsp3) is 0.121. The van der Waals surface area contributed by atoms with Crippen molar-refractivity contribution in [3.63, 3.8) is 0 Å². The molecule has 0 radical (unpaired) electrons. The lowest BCUT2D eigenvalue weighted by atomic mass is 10.1. The maximum Gasteiger partial charge on any atom is 0.272 e. The molecule has 43 heavy (non-hydrogen) atoms. The number of thioether (sulfide) groups is 1. The number of hydrogen-bond donors (Lipinski definition) is 3. The van der Waals surface area contributed by atoms with Crippen LogP contribution in [-0.4, -0.2) is 37.2 Å². The van der Waals surface area contributed by atoms with Crippen LogP contribution in [0.2, 0.25) is 0 Å². The van der Waals surface area contributed by atoms with Crippen molar-refractivity contribution >= 4 is 46.9 Å². The fourth-order valence-corrected chi connectivity index (χ4v) is 4.86. The quantitative estimate of drug-likeness (QED) is 0.137. The Morgan fingerprint density at radius 2 is 1.51 bits per heavy atom. The molecule has 8 nitrogen and oxygen atoms in total. The predicted molar refractivity (Wildman–Crippen MR) is 167 cm³/mol. The fourth-order valence-electron chi connectivity index (χ4n) is 3.93. The minimum Gasteiger partial charge on any atom is -0.493 e. The van der Waals surface area contributed by atoms with Crippen LogP contribution in [-0.2, 0) is 9.59 Å². The van der Waals surface area contributed by atoms with E-state index in [-0.39, 0.29) is 17.4 Å². The maximum absolute atomic E-state index is 13.5. The number of nitrogens with one attached hydrogen (secondary N) is 3. The summed E-state index contributed by atoms with van der Waals surface area (Å²) in [4.78, 5) is 39.9. The highest BCUT2D eigenvalue weighted by Crippen LogP contribution is 2.29. The number of benzene rings is 4. The molecule has 0 aliphatic rings. The summed E-state index contributed by atoms with van der Waals surface area (Å²) in [7, 11) is 3.03. The van der Waals surface area contributed by atoms with Gasteiger partial charge in [0.1, 0.15) is 11.5 Å². The average Bonchev–Trinajstić information content (AvgIpc) is 3.02. The van der Waals surface area contributed by atoms with E-state index in [1.54, 1.807) is 79.7 Å². The Kier molecular flexibility index (Phi) is 10.5. The van der Waals surface area contributed by atoms with Crippen LogP contribution < -0.4 is 25.4 Å². The number of halogens is 1. The number of rotatable bonds is 11. The first-order valence-corrected chi connectivity index (χ1v) is 14.1. The standard InChI is InChI=1S/C33H30FN3O5S/c1-21(31(38)35-25-15-13-24(34)14-16-25)43-27-11-7-10-26(20-27)36-33(40)28(37-32(39)23-8-5-4-6-9-23)18-22-12-17-29(41-2)30(19-22)42-3/h4-21H,1-3H3,(H,35,38)(H,36,40)(H,37,39)/b28-18+. The highest BCUT2D eigenvalue weighted by atomic mass is 32.2. The van der Waals surface area contributed by atoms with E-state index in [4.69, 9.17) is 9.47 Å². The van der Waals surface area contributed by atoms with E-state index in [0.717, 1.165) is 4.90 Å². The number of amides is 3. The summed E-state index contributed by atoms with van der Waals surface area (Å²) in [5, 5.41) is 7.82. The second-order valence-corrected chi connectivity index (χ2v) is 10.6. The van der Waals surface area contributed by atoms with Gasteiger partial charge in [0.25, 0.3) is 11.8 Å². The molecule has 0 saturated carbocycles. The molecule has 10 heteroatoms. The maximum atomic E-state index is 13.5. The van der Waals surface area contributed by atoms with Crippen molar-refractivity contribution in [1.82, 2.24) is 5.32 Å². The molecule has 0 aliphatic carbocycles. The van der Waals surface area contributed by atoms with Gasteiger partial charge in [0.2, 0.25) is 5.91 Å². The summed E-state index contributed by atoms with van der Waals surface area (Å²) in [6.45, 7) is 1.75. The van der Waals surface area contributed by atoms with Crippen LogP contribution in [0.4, 0.5) is 15.8 Å². The summed E-state index contributed by atoms with van der Waals surface area (Å²) in [5.41, 5.74) is 1.95. The van der Waals surface area contributed by atoms with Crippen LogP contribution in [0, 0.1) is 5.82 Å². The zero-order valence-electron chi connectivity index (χ0n) is 23.7. The number of anilines is 2. The Morgan fingerprint density at radius 1 is 0.791 bits per heavy atom. The van der Waals surface area contributed by atoms with E-state index >= 15 is 0 Å². The smallest absolute Gasteiger partial charge is 0.272 e. The minimum absolute atomic E-state index is 0.00572. The van der Waals surface area contributed by atoms with E-state index < -0.39 is 17.1 Å². The third-order valence-electron chi connectivity index (χ3n) is 6.13. The monoisotopic (exact) mass is 599 g/mol. The largest absolute Gasteiger partial charge is 0.493 e. The number of carbonyl (C=O) groups excluding carboxylic acids is 3. The van der Waals surface area contributed by atoms with Gasteiger partial charge in [-0.25, -0.2) is 4.39 Å². The molecule has 0 fully saturated rings. The Morgan fingerprint density at radius 3 is 2.21 bits per heavy atom. The van der Waals surface area contributed by atoms with Gasteiger partial charge in [0.15, 0.2) is 11.5 Å². The van der Waals surface area contributed by atoms with Gasteiger partial charge in [-0.15, -0.1) is 11.8 Å². The van der Waals surface area contributed by atoms with E-state index in [9.17, 15) is 18.8 Å². The Hall–Kier alpha value is -5.09. The summed E-state index contributed by atoms with van der Waals surface area (Å²) in [5.74, 6) is -0.659. The second-order valence-electron chi connectivity index (χ2n) is 9.23. The second kappa shape index (κ2) is 14.7. The Bertz CT molecular complexity index is 1630. The van der Waals surface area contributed by atoms with E-state index in [1.165, 1.54) is 50.2 Å². The van der Waals surface area contributed by atoms with Crippen molar-refractivity contribution in [3.05, 3.63) is 120 Å². The van der Waals surface area contributed by atoms with E-state index in [0.29, 0.717) is 34.0 Å². The Labute approximate surface area is 253 Å². The first kappa shape index (κ1) is 30.9. The topological polar surface area (TPSA) is 106 Å². The van der Waals surface area contributed by atoms with Gasteiger partial charge in [0, 0.05) is 21.8 Å². The van der Waals surface area contributed by atoms with Gasteiger partial charge in [-0.1, -0.05) is 30.3 Å². The van der Waals surface area contributed by atoms with Crippen molar-refractivity contribution < 1.29 is 28.2 Å². The summed E-state index contributed by atoms with van der Waals surface area (Å²) >= 11 is 1.29. The van der Waals surface area contributed by atoms with Crippen molar-refractivity contribution in [2.24, 2.45) is 0 Å². The van der Waals surface area contributed by atoms with Crippen LogP contribution in [0.1, 0.15) is 22.8 Å². The molecule has 0 saturated heterocycles. The molecular weight excluding hydrogens is 569 g/mol. The van der Waals surface area contributed by atoms with Gasteiger partial charge in [-0.3, -0.25) is 14.4 Å². The van der Waals surface area contributed by atoms with Gasteiger partial charge >= 0.3 is 0 Å². The van der Waals surface area contributed by atoms with Crippen LogP contribution in [0.5, 0.6) is 11.5 Å². The molecule has 3 amide bonds. The highest BCUT2D eigenvalue weighted by molar-refractivity contribution is 8.00. The first-order chi connectivity index (χ1) is 20.7. The molecule has 1 unspecified atom stereocenters. The summed E-state index contributed by atoms with van der Waals surface area (Å²) in [6.07, 6.45) is 1.54. The number of ether oxygens (including phenoxy) is 2. The first-order valence-electron chi connectivity index (χ1n) is 13.2. The lowest BCUT2D eigenvalue weighted by Gasteiger charge is -2.14. The number of carbonyl (C=O) groups is 3. The van der Waals surface area contributed by atoms with E-state index in [2.05, 4.69) is 16.0 Å². The van der Waals surface area contributed by atoms with Crippen LogP contribution in [0.25, 0.3) is 6.08 Å². The molecule has 0 aliphatic heterocycles. The Balaban J connectivity index is 1.52. The molecule has 4 aromatic rings. The average molecular weight is 600 g/mol. The molecule has 3 N–H and O–H groups in total. The van der Waals surface area contributed by atoms with Crippen molar-refractivity contribution in [3.8, 4) is 11.5 Å². The van der Waals surface area contributed by atoms with Gasteiger partial charge in [0.05, 0.1) is 19.5 Å². The molecule has 4 aromatic carbocycles. The zero-order chi connectivity index (χ0) is 30.8. The SMILES string of the molecule is COc1ccc(/C=C(/NC(=O)c2ccccc2)C(=O)Nc2cccc(SC(C)C(=O)Nc3ccc(F)cc3)c2)cc1OC. The van der Waals surface area contributed by atoms with Crippen LogP contribution in [0.15, 0.2) is 108 Å². The lowest BCUT2D eigenvalue weighted by Crippen LogP contribution is -2.30. The molecule has 220 valence electrons. The van der Waals surface area contributed by atoms with Crippen molar-refractivity contribution in [1.29, 1.82) is 0 Å². The molecule has 0 heterocycles. The summed E-state index contributed by atoms with van der Waals surface area (Å²) < 4.78 is 23.8. The van der Waals surface area contributed by atoms with Crippen LogP contribution in [0.3, 0.4) is 0 Å². The van der Waals surface area contributed by atoms with Gasteiger partial charge < -0.3 is 25.4 Å². The summed E-state index contributed by atoms with van der Waals surface area (Å²) in [6, 6.07) is 26.2. The highest BCUT2D eigenvalue weighted by Gasteiger charge is 2.18. The molecule has 0 bridgehead atoms. The third-order valence-corrected chi connectivity index (χ3v) is 7.23. The normalized spacial score (nSPS) is 11.7. The number of methoxy groups -OCH3 is 2. The molecule has 0 spiro atoms. The van der Waals surface area contributed by atoms with Crippen LogP contribution >= 0.6 is 11.8 Å². The lowest BCUT2D eigenvalue weighted by molar-refractivity contribution is -0.115. The van der Waals surface area contributed by atoms with Crippen molar-refractivity contribution in [2.75, 3.05) is 24.9 Å². The molecule has 0 aromatic heterocycles. The number of hydrogen-bond acceptors (Lipinski definition) is 6.